The summed E-state index contributed by atoms with van der Waals surface area (Å²) in [5.74, 6) is -0.787. The highest BCUT2D eigenvalue weighted by Gasteiger charge is 2.21. The van der Waals surface area contributed by atoms with Gasteiger partial charge in [-0.2, -0.15) is 0 Å². The van der Waals surface area contributed by atoms with Gasteiger partial charge in [0.15, 0.2) is 5.75 Å². The largest absolute Gasteiger partial charge is 0.462 e. The predicted molar refractivity (Wildman–Crippen MR) is 61.0 cm³/mol. The highest BCUT2D eigenvalue weighted by Crippen LogP contribution is 2.26. The predicted octanol–water partition coefficient (Wildman–Crippen LogP) is 1.80. The highest BCUT2D eigenvalue weighted by atomic mass is 16.5. The maximum absolute atomic E-state index is 11.8. The third-order valence-corrected chi connectivity index (χ3v) is 2.12. The minimum Gasteiger partial charge on any atom is -0.462 e. The molecule has 5 nitrogen and oxygen atoms in total. The average molecular weight is 237 g/mol. The molecule has 0 aliphatic rings. The molecule has 1 aromatic heterocycles. The Labute approximate surface area is 99.8 Å². The molecule has 1 aromatic rings. The van der Waals surface area contributed by atoms with Crippen LogP contribution in [-0.4, -0.2) is 23.5 Å². The van der Waals surface area contributed by atoms with Crippen LogP contribution >= 0.6 is 0 Å². The lowest BCUT2D eigenvalue weighted by atomic mass is 10.1. The Bertz CT molecular complexity index is 454. The molecule has 0 aromatic carbocycles. The number of carbonyl (C=O) groups is 2. The monoisotopic (exact) mass is 237 g/mol. The molecule has 0 amide bonds. The SMILES string of the molecule is CCOC(=O)c1c(C)ncc(C)c1OC(C)=O. The van der Waals surface area contributed by atoms with Gasteiger partial charge < -0.3 is 9.47 Å². The van der Waals surface area contributed by atoms with Crippen molar-refractivity contribution in [1.29, 1.82) is 0 Å². The normalized spacial score (nSPS) is 9.88. The summed E-state index contributed by atoms with van der Waals surface area (Å²) in [7, 11) is 0. The van der Waals surface area contributed by atoms with Crippen molar-refractivity contribution in [3.05, 3.63) is 23.0 Å². The number of hydrogen-bond donors (Lipinski definition) is 0. The molecular weight excluding hydrogens is 222 g/mol. The minimum absolute atomic E-state index is 0.210. The van der Waals surface area contributed by atoms with Crippen molar-refractivity contribution in [1.82, 2.24) is 4.98 Å². The quantitative estimate of drug-likeness (QED) is 0.750. The van der Waals surface area contributed by atoms with Crippen LogP contribution in [-0.2, 0) is 9.53 Å². The molecule has 1 heterocycles. The number of hydrogen-bond acceptors (Lipinski definition) is 5. The zero-order valence-corrected chi connectivity index (χ0v) is 10.4. The van der Waals surface area contributed by atoms with Crippen LogP contribution in [0.1, 0.15) is 35.5 Å². The summed E-state index contributed by atoms with van der Waals surface area (Å²) in [5.41, 5.74) is 1.31. The van der Waals surface area contributed by atoms with Crippen LogP contribution < -0.4 is 4.74 Å². The number of rotatable bonds is 3. The van der Waals surface area contributed by atoms with E-state index in [2.05, 4.69) is 4.98 Å². The number of aryl methyl sites for hydroxylation is 2. The summed E-state index contributed by atoms with van der Waals surface area (Å²) in [6.07, 6.45) is 1.55. The van der Waals surface area contributed by atoms with Gasteiger partial charge in [0.25, 0.3) is 0 Å². The first-order valence-corrected chi connectivity index (χ1v) is 5.29. The molecular formula is C12H15NO4. The maximum Gasteiger partial charge on any atom is 0.343 e. The number of ether oxygens (including phenoxy) is 2. The summed E-state index contributed by atoms with van der Waals surface area (Å²) >= 11 is 0. The molecule has 5 heteroatoms. The first-order valence-electron chi connectivity index (χ1n) is 5.29. The zero-order chi connectivity index (χ0) is 13.0. The highest BCUT2D eigenvalue weighted by molar-refractivity contribution is 5.95. The Morgan fingerprint density at radius 3 is 2.53 bits per heavy atom. The Morgan fingerprint density at radius 1 is 1.35 bits per heavy atom. The van der Waals surface area contributed by atoms with Gasteiger partial charge in [-0.25, -0.2) is 4.79 Å². The lowest BCUT2D eigenvalue weighted by Crippen LogP contribution is -2.14. The van der Waals surface area contributed by atoms with Gasteiger partial charge in [-0.15, -0.1) is 0 Å². The third kappa shape index (κ3) is 3.03. The van der Waals surface area contributed by atoms with Crippen molar-refractivity contribution in [2.45, 2.75) is 27.7 Å². The molecule has 1 rings (SSSR count). The summed E-state index contributed by atoms with van der Waals surface area (Å²) in [6.45, 7) is 6.63. The molecule has 0 unspecified atom stereocenters. The summed E-state index contributed by atoms with van der Waals surface area (Å²) in [4.78, 5) is 26.8. The second-order valence-corrected chi connectivity index (χ2v) is 3.54. The van der Waals surface area contributed by atoms with Crippen molar-refractivity contribution in [3.8, 4) is 5.75 Å². The second kappa shape index (κ2) is 5.43. The molecule has 0 aliphatic carbocycles. The van der Waals surface area contributed by atoms with Gasteiger partial charge in [0.2, 0.25) is 0 Å². The van der Waals surface area contributed by atoms with E-state index >= 15 is 0 Å². The molecule has 0 N–H and O–H groups in total. The molecule has 0 bridgehead atoms. The van der Waals surface area contributed by atoms with Gasteiger partial charge in [-0.1, -0.05) is 0 Å². The van der Waals surface area contributed by atoms with E-state index in [9.17, 15) is 9.59 Å². The third-order valence-electron chi connectivity index (χ3n) is 2.12. The van der Waals surface area contributed by atoms with E-state index in [0.29, 0.717) is 11.3 Å². The summed E-state index contributed by atoms with van der Waals surface area (Å²) in [5, 5.41) is 0. The number of pyridine rings is 1. The van der Waals surface area contributed by atoms with Gasteiger partial charge in [-0.3, -0.25) is 9.78 Å². The van der Waals surface area contributed by atoms with Crippen molar-refractivity contribution >= 4 is 11.9 Å². The number of aromatic nitrogens is 1. The molecule has 0 fully saturated rings. The summed E-state index contributed by atoms with van der Waals surface area (Å²) in [6, 6.07) is 0. The topological polar surface area (TPSA) is 65.5 Å². The number of nitrogens with zero attached hydrogens (tertiary/aromatic N) is 1. The van der Waals surface area contributed by atoms with Crippen molar-refractivity contribution in [2.75, 3.05) is 6.61 Å². The molecule has 0 radical (unpaired) electrons. The zero-order valence-electron chi connectivity index (χ0n) is 10.4. The molecule has 17 heavy (non-hydrogen) atoms. The Morgan fingerprint density at radius 2 is 2.00 bits per heavy atom. The minimum atomic E-state index is -0.530. The van der Waals surface area contributed by atoms with Crippen LogP contribution in [0, 0.1) is 13.8 Å². The Hall–Kier alpha value is -1.91. The molecule has 0 spiro atoms. The average Bonchev–Trinajstić information content (AvgIpc) is 2.23. The Balaban J connectivity index is 3.28. The lowest BCUT2D eigenvalue weighted by Gasteiger charge is -2.12. The van der Waals surface area contributed by atoms with Gasteiger partial charge in [0.05, 0.1) is 12.3 Å². The standard InChI is InChI=1S/C12H15NO4/c1-5-16-12(15)10-8(3)13-6-7(2)11(10)17-9(4)14/h6H,5H2,1-4H3. The molecule has 0 saturated heterocycles. The number of esters is 2. The van der Waals surface area contributed by atoms with Crippen molar-refractivity contribution in [3.63, 3.8) is 0 Å². The Kier molecular flexibility index (Phi) is 4.20. The van der Waals surface area contributed by atoms with E-state index in [1.54, 1.807) is 27.0 Å². The van der Waals surface area contributed by atoms with Gasteiger partial charge in [0.1, 0.15) is 5.56 Å². The molecule has 0 aliphatic heterocycles. The first-order chi connectivity index (χ1) is 7.97. The van der Waals surface area contributed by atoms with Gasteiger partial charge in [0, 0.05) is 18.7 Å². The van der Waals surface area contributed by atoms with E-state index in [1.807, 2.05) is 0 Å². The maximum atomic E-state index is 11.8. The number of carbonyl (C=O) groups excluding carboxylic acids is 2. The smallest absolute Gasteiger partial charge is 0.343 e. The molecule has 0 atom stereocenters. The van der Waals surface area contributed by atoms with E-state index in [1.165, 1.54) is 6.92 Å². The van der Waals surface area contributed by atoms with Crippen LogP contribution in [0.4, 0.5) is 0 Å². The van der Waals surface area contributed by atoms with Crippen LogP contribution in [0.3, 0.4) is 0 Å². The van der Waals surface area contributed by atoms with E-state index in [4.69, 9.17) is 9.47 Å². The van der Waals surface area contributed by atoms with Gasteiger partial charge >= 0.3 is 11.9 Å². The van der Waals surface area contributed by atoms with Crippen molar-refractivity contribution in [2.24, 2.45) is 0 Å². The van der Waals surface area contributed by atoms with Gasteiger partial charge in [-0.05, 0) is 20.8 Å². The molecule has 92 valence electrons. The van der Waals surface area contributed by atoms with Crippen molar-refractivity contribution < 1.29 is 19.1 Å². The second-order valence-electron chi connectivity index (χ2n) is 3.54. The molecule has 0 saturated carbocycles. The van der Waals surface area contributed by atoms with E-state index in [-0.39, 0.29) is 17.9 Å². The summed E-state index contributed by atoms with van der Waals surface area (Å²) < 4.78 is 9.96. The fraction of sp³-hybridized carbons (Fsp3) is 0.417. The van der Waals surface area contributed by atoms with Crippen LogP contribution in [0.15, 0.2) is 6.20 Å². The van der Waals surface area contributed by atoms with Crippen LogP contribution in [0.2, 0.25) is 0 Å². The fourth-order valence-corrected chi connectivity index (χ4v) is 1.40. The van der Waals surface area contributed by atoms with Crippen LogP contribution in [0.5, 0.6) is 5.75 Å². The van der Waals surface area contributed by atoms with E-state index in [0.717, 1.165) is 0 Å². The first kappa shape index (κ1) is 13.2. The van der Waals surface area contributed by atoms with E-state index < -0.39 is 11.9 Å². The fourth-order valence-electron chi connectivity index (χ4n) is 1.40. The van der Waals surface area contributed by atoms with Crippen LogP contribution in [0.25, 0.3) is 0 Å². The lowest BCUT2D eigenvalue weighted by molar-refractivity contribution is -0.131.